The molecule has 1 N–H and O–H groups in total. The van der Waals surface area contributed by atoms with Crippen LogP contribution in [0.3, 0.4) is 0 Å². The Hall–Kier alpha value is -3.38. The van der Waals surface area contributed by atoms with Crippen molar-refractivity contribution in [3.63, 3.8) is 0 Å². The quantitative estimate of drug-likeness (QED) is 0.660. The van der Waals surface area contributed by atoms with E-state index in [-0.39, 0.29) is 24.3 Å². The summed E-state index contributed by atoms with van der Waals surface area (Å²) in [6.07, 6.45) is 0.278. The van der Waals surface area contributed by atoms with E-state index in [1.165, 1.54) is 9.80 Å². The highest BCUT2D eigenvalue weighted by Crippen LogP contribution is 2.30. The molecule has 2 fully saturated rings. The fraction of sp³-hybridized carbons (Fsp3) is 0.280. The molecule has 0 radical (unpaired) electrons. The summed E-state index contributed by atoms with van der Waals surface area (Å²) in [6, 6.07) is 21.4. The second-order valence-corrected chi connectivity index (χ2v) is 8.17. The maximum atomic E-state index is 13.3. The molecule has 0 aliphatic carbocycles. The Balaban J connectivity index is 1.31. The van der Waals surface area contributed by atoms with Crippen molar-refractivity contribution < 1.29 is 19.2 Å². The van der Waals surface area contributed by atoms with Crippen molar-refractivity contribution in [2.24, 2.45) is 0 Å². The van der Waals surface area contributed by atoms with Crippen LogP contribution in [0.4, 0.5) is 11.4 Å². The standard InChI is InChI=1S/C25H25N3O3/c1-31-20-11-9-19(10-12-20)26-13-15-27(16-14-26)23-17-24(29)28(25(23)30)22-8-4-6-18-5-2-3-7-21(18)22/h2-12,23H,13-17H2,1H3/p+1/t23-/m1/s1. The number of fused-ring (bicyclic) bond motifs is 1. The van der Waals surface area contributed by atoms with E-state index in [9.17, 15) is 9.59 Å². The first-order valence-electron chi connectivity index (χ1n) is 10.7. The average molecular weight is 417 g/mol. The largest absolute Gasteiger partial charge is 0.497 e. The topological polar surface area (TPSA) is 54.3 Å². The summed E-state index contributed by atoms with van der Waals surface area (Å²) in [5.74, 6) is 0.669. The van der Waals surface area contributed by atoms with Crippen molar-refractivity contribution >= 4 is 34.0 Å². The first-order chi connectivity index (χ1) is 15.2. The summed E-state index contributed by atoms with van der Waals surface area (Å²) in [5.41, 5.74) is 1.86. The maximum absolute atomic E-state index is 13.3. The number of quaternary nitrogens is 1. The maximum Gasteiger partial charge on any atom is 0.292 e. The number of carbonyl (C=O) groups excluding carboxylic acids is 2. The number of piperazine rings is 1. The lowest BCUT2D eigenvalue weighted by molar-refractivity contribution is -0.915. The summed E-state index contributed by atoms with van der Waals surface area (Å²) < 4.78 is 5.24. The minimum absolute atomic E-state index is 0.0748. The minimum atomic E-state index is -0.301. The van der Waals surface area contributed by atoms with E-state index in [0.717, 1.165) is 48.4 Å². The van der Waals surface area contributed by atoms with Crippen LogP contribution in [-0.4, -0.2) is 51.1 Å². The van der Waals surface area contributed by atoms with Gasteiger partial charge in [0.25, 0.3) is 5.91 Å². The molecule has 0 unspecified atom stereocenters. The van der Waals surface area contributed by atoms with E-state index >= 15 is 0 Å². The van der Waals surface area contributed by atoms with Crippen LogP contribution >= 0.6 is 0 Å². The van der Waals surface area contributed by atoms with Crippen LogP contribution in [0, 0.1) is 0 Å². The number of ether oxygens (including phenoxy) is 1. The average Bonchev–Trinajstić information content (AvgIpc) is 3.12. The van der Waals surface area contributed by atoms with Gasteiger partial charge < -0.3 is 14.5 Å². The van der Waals surface area contributed by atoms with Gasteiger partial charge in [0.15, 0.2) is 6.04 Å². The first-order valence-corrected chi connectivity index (χ1v) is 10.7. The molecular formula is C25H26N3O3+. The number of amides is 2. The normalized spacial score (nSPS) is 20.0. The summed E-state index contributed by atoms with van der Waals surface area (Å²) in [5, 5.41) is 1.97. The number of carbonyl (C=O) groups is 2. The summed E-state index contributed by atoms with van der Waals surface area (Å²) in [4.78, 5) is 31.2. The van der Waals surface area contributed by atoms with Gasteiger partial charge in [0.1, 0.15) is 5.75 Å². The molecule has 1 atom stereocenters. The van der Waals surface area contributed by atoms with Gasteiger partial charge in [0.2, 0.25) is 5.91 Å². The predicted molar refractivity (Wildman–Crippen MR) is 121 cm³/mol. The van der Waals surface area contributed by atoms with Gasteiger partial charge in [-0.1, -0.05) is 36.4 Å². The molecule has 0 spiro atoms. The Morgan fingerprint density at radius 1 is 0.903 bits per heavy atom. The van der Waals surface area contributed by atoms with Crippen LogP contribution in [0.2, 0.25) is 0 Å². The van der Waals surface area contributed by atoms with Crippen molar-refractivity contribution in [3.05, 3.63) is 66.7 Å². The fourth-order valence-corrected chi connectivity index (χ4v) is 4.80. The smallest absolute Gasteiger partial charge is 0.292 e. The van der Waals surface area contributed by atoms with Gasteiger partial charge in [-0.05, 0) is 35.7 Å². The van der Waals surface area contributed by atoms with Crippen LogP contribution in [0.5, 0.6) is 5.75 Å². The third-order valence-corrected chi connectivity index (χ3v) is 6.49. The Labute approximate surface area is 181 Å². The molecule has 6 nitrogen and oxygen atoms in total. The van der Waals surface area contributed by atoms with Gasteiger partial charge in [0, 0.05) is 11.1 Å². The lowest BCUT2D eigenvalue weighted by Crippen LogP contribution is -3.19. The number of benzene rings is 3. The van der Waals surface area contributed by atoms with Crippen molar-refractivity contribution in [1.29, 1.82) is 0 Å². The van der Waals surface area contributed by atoms with Gasteiger partial charge >= 0.3 is 0 Å². The summed E-state index contributed by atoms with van der Waals surface area (Å²) >= 11 is 0. The zero-order valence-electron chi connectivity index (χ0n) is 17.6. The lowest BCUT2D eigenvalue weighted by atomic mass is 10.1. The number of methoxy groups -OCH3 is 1. The Bertz CT molecular complexity index is 1120. The van der Waals surface area contributed by atoms with Gasteiger partial charge in [-0.2, -0.15) is 0 Å². The van der Waals surface area contributed by atoms with Gasteiger partial charge in [-0.15, -0.1) is 0 Å². The second-order valence-electron chi connectivity index (χ2n) is 8.17. The van der Waals surface area contributed by atoms with Crippen LogP contribution in [0.15, 0.2) is 66.7 Å². The molecule has 0 bridgehead atoms. The Morgan fingerprint density at radius 3 is 2.35 bits per heavy atom. The SMILES string of the molecule is COc1ccc(N2CC[NH+]([C@@H]3CC(=O)N(c4cccc5ccccc45)C3=O)CC2)cc1. The number of hydrogen-bond acceptors (Lipinski definition) is 4. The molecule has 2 aliphatic rings. The number of rotatable bonds is 4. The highest BCUT2D eigenvalue weighted by Gasteiger charge is 2.46. The van der Waals surface area contributed by atoms with Crippen molar-refractivity contribution in [1.82, 2.24) is 0 Å². The van der Waals surface area contributed by atoms with E-state index in [4.69, 9.17) is 4.74 Å². The monoisotopic (exact) mass is 416 g/mol. The Kier molecular flexibility index (Phi) is 5.08. The number of hydrogen-bond donors (Lipinski definition) is 1. The molecule has 2 saturated heterocycles. The summed E-state index contributed by atoms with van der Waals surface area (Å²) in [7, 11) is 1.67. The number of nitrogens with one attached hydrogen (secondary N) is 1. The molecule has 2 aliphatic heterocycles. The fourth-order valence-electron chi connectivity index (χ4n) is 4.80. The second kappa shape index (κ2) is 8.04. The molecule has 31 heavy (non-hydrogen) atoms. The van der Waals surface area contributed by atoms with E-state index in [1.807, 2.05) is 54.6 Å². The zero-order valence-corrected chi connectivity index (χ0v) is 17.6. The van der Waals surface area contributed by atoms with Crippen molar-refractivity contribution in [2.45, 2.75) is 12.5 Å². The number of imide groups is 1. The molecule has 6 heteroatoms. The van der Waals surface area contributed by atoms with Gasteiger partial charge in [-0.25, -0.2) is 4.90 Å². The molecule has 3 aromatic carbocycles. The van der Waals surface area contributed by atoms with E-state index in [0.29, 0.717) is 5.69 Å². The van der Waals surface area contributed by atoms with E-state index in [1.54, 1.807) is 7.11 Å². The number of anilines is 2. The first kappa shape index (κ1) is 19.6. The Morgan fingerprint density at radius 2 is 1.61 bits per heavy atom. The molecule has 158 valence electrons. The third kappa shape index (κ3) is 3.53. The van der Waals surface area contributed by atoms with Crippen LogP contribution in [0.1, 0.15) is 6.42 Å². The van der Waals surface area contributed by atoms with Crippen molar-refractivity contribution in [3.8, 4) is 5.75 Å². The molecule has 2 amide bonds. The molecule has 5 rings (SSSR count). The molecule has 2 heterocycles. The van der Waals surface area contributed by atoms with Crippen LogP contribution in [-0.2, 0) is 9.59 Å². The predicted octanol–water partition coefficient (Wildman–Crippen LogP) is 1.89. The van der Waals surface area contributed by atoms with Crippen LogP contribution < -0.4 is 19.4 Å². The van der Waals surface area contributed by atoms with Gasteiger partial charge in [-0.3, -0.25) is 9.59 Å². The van der Waals surface area contributed by atoms with Gasteiger partial charge in [0.05, 0.1) is 45.4 Å². The molecular weight excluding hydrogens is 390 g/mol. The highest BCUT2D eigenvalue weighted by molar-refractivity contribution is 6.24. The van der Waals surface area contributed by atoms with E-state index in [2.05, 4.69) is 17.0 Å². The highest BCUT2D eigenvalue weighted by atomic mass is 16.5. The van der Waals surface area contributed by atoms with E-state index < -0.39 is 0 Å². The zero-order chi connectivity index (χ0) is 21.4. The lowest BCUT2D eigenvalue weighted by Gasteiger charge is -2.35. The minimum Gasteiger partial charge on any atom is -0.497 e. The third-order valence-electron chi connectivity index (χ3n) is 6.49. The summed E-state index contributed by atoms with van der Waals surface area (Å²) in [6.45, 7) is 3.37. The van der Waals surface area contributed by atoms with Crippen molar-refractivity contribution in [2.75, 3.05) is 43.1 Å². The number of nitrogens with zero attached hydrogens (tertiary/aromatic N) is 2. The molecule has 0 saturated carbocycles. The van der Waals surface area contributed by atoms with Crippen LogP contribution in [0.25, 0.3) is 10.8 Å². The molecule has 0 aromatic heterocycles. The molecule has 3 aromatic rings.